The van der Waals surface area contributed by atoms with Crippen molar-refractivity contribution in [2.24, 2.45) is 12.5 Å². The van der Waals surface area contributed by atoms with Crippen molar-refractivity contribution >= 4 is 22.8 Å². The topological polar surface area (TPSA) is 35.6 Å². The van der Waals surface area contributed by atoms with E-state index in [4.69, 9.17) is 16.6 Å². The van der Waals surface area contributed by atoms with Crippen molar-refractivity contribution in [1.82, 2.24) is 19.3 Å². The Bertz CT molecular complexity index is 604. The molecule has 0 bridgehead atoms. The summed E-state index contributed by atoms with van der Waals surface area (Å²) in [6.07, 6.45) is 2.58. The van der Waals surface area contributed by atoms with E-state index in [0.29, 0.717) is 5.41 Å². The summed E-state index contributed by atoms with van der Waals surface area (Å²) in [7, 11) is 1.98. The lowest BCUT2D eigenvalue weighted by atomic mass is 10.1. The van der Waals surface area contributed by atoms with Crippen LogP contribution in [0.25, 0.3) is 11.2 Å². The van der Waals surface area contributed by atoms with Crippen LogP contribution >= 0.6 is 11.6 Å². The van der Waals surface area contributed by atoms with Crippen molar-refractivity contribution in [1.29, 1.82) is 0 Å². The molecule has 98 valence electrons. The molecule has 0 saturated heterocycles. The Balaban J connectivity index is 2.20. The average Bonchev–Trinajstić information content (AvgIpc) is 2.78. The molecular formula is C13H19ClN4. The van der Waals surface area contributed by atoms with Gasteiger partial charge in [0, 0.05) is 13.6 Å². The number of nitrogens with zero attached hydrogens (tertiary/aromatic N) is 4. The second-order valence-electron chi connectivity index (χ2n) is 5.86. The van der Waals surface area contributed by atoms with Gasteiger partial charge in [0.25, 0.3) is 0 Å². The van der Waals surface area contributed by atoms with E-state index in [2.05, 4.69) is 16.6 Å². The Morgan fingerprint density at radius 2 is 2.11 bits per heavy atom. The molecule has 0 N–H and O–H groups in total. The standard InChI is InChI=1S/C13H19ClN4/c1-8(14)11-15-10-9(2)16-17(4)12(10)18(11)7-13(3)5-6-13/h8H,5-7H2,1-4H3. The monoisotopic (exact) mass is 266 g/mol. The molecule has 3 rings (SSSR count). The maximum absolute atomic E-state index is 6.28. The lowest BCUT2D eigenvalue weighted by Gasteiger charge is -2.15. The Labute approximate surface area is 112 Å². The SMILES string of the molecule is Cc1nn(C)c2c1nc(C(C)Cl)n2CC1(C)CC1. The van der Waals surface area contributed by atoms with Gasteiger partial charge < -0.3 is 4.57 Å². The fourth-order valence-electron chi connectivity index (χ4n) is 2.56. The zero-order chi connectivity index (χ0) is 13.1. The van der Waals surface area contributed by atoms with Crippen molar-refractivity contribution in [3.8, 4) is 0 Å². The molecule has 1 aliphatic carbocycles. The molecule has 0 aromatic carbocycles. The minimum atomic E-state index is -0.0702. The van der Waals surface area contributed by atoms with Crippen LogP contribution in [-0.2, 0) is 13.6 Å². The smallest absolute Gasteiger partial charge is 0.158 e. The number of aryl methyl sites for hydroxylation is 2. The lowest BCUT2D eigenvalue weighted by molar-refractivity contribution is 0.455. The molecule has 5 heteroatoms. The molecular weight excluding hydrogens is 248 g/mol. The molecule has 2 aromatic heterocycles. The highest BCUT2D eigenvalue weighted by Gasteiger charge is 2.39. The summed E-state index contributed by atoms with van der Waals surface area (Å²) in [6.45, 7) is 7.30. The summed E-state index contributed by atoms with van der Waals surface area (Å²) in [6, 6.07) is 0. The van der Waals surface area contributed by atoms with Gasteiger partial charge in [0.15, 0.2) is 5.65 Å². The Hall–Kier alpha value is -1.03. The second-order valence-corrected chi connectivity index (χ2v) is 6.52. The third-order valence-corrected chi connectivity index (χ3v) is 4.11. The first-order valence-corrected chi connectivity index (χ1v) is 6.89. The zero-order valence-corrected chi connectivity index (χ0v) is 12.1. The molecule has 2 aromatic rings. The zero-order valence-electron chi connectivity index (χ0n) is 11.4. The van der Waals surface area contributed by atoms with Gasteiger partial charge in [-0.3, -0.25) is 4.68 Å². The van der Waals surface area contributed by atoms with Crippen molar-refractivity contribution in [3.05, 3.63) is 11.5 Å². The van der Waals surface area contributed by atoms with Crippen molar-refractivity contribution in [2.45, 2.75) is 45.5 Å². The highest BCUT2D eigenvalue weighted by atomic mass is 35.5. The van der Waals surface area contributed by atoms with Gasteiger partial charge >= 0.3 is 0 Å². The predicted octanol–water partition coefficient (Wildman–Crippen LogP) is 3.18. The number of rotatable bonds is 3. The molecule has 4 nitrogen and oxygen atoms in total. The van der Waals surface area contributed by atoms with Crippen LogP contribution < -0.4 is 0 Å². The number of imidazole rings is 1. The number of hydrogen-bond donors (Lipinski definition) is 0. The number of hydrogen-bond acceptors (Lipinski definition) is 2. The third kappa shape index (κ3) is 1.74. The van der Waals surface area contributed by atoms with E-state index in [0.717, 1.165) is 29.2 Å². The minimum Gasteiger partial charge on any atom is -0.311 e. The number of fused-ring (bicyclic) bond motifs is 1. The van der Waals surface area contributed by atoms with E-state index in [1.807, 2.05) is 25.6 Å². The molecule has 0 amide bonds. The maximum atomic E-state index is 6.28. The number of alkyl halides is 1. The van der Waals surface area contributed by atoms with Crippen LogP contribution in [0.2, 0.25) is 0 Å². The highest BCUT2D eigenvalue weighted by molar-refractivity contribution is 6.20. The van der Waals surface area contributed by atoms with Gasteiger partial charge in [-0.1, -0.05) is 6.92 Å². The molecule has 1 aliphatic rings. The van der Waals surface area contributed by atoms with Crippen LogP contribution in [0.15, 0.2) is 0 Å². The minimum absolute atomic E-state index is 0.0702. The fourth-order valence-corrected chi connectivity index (χ4v) is 2.73. The molecule has 1 fully saturated rings. The van der Waals surface area contributed by atoms with Crippen LogP contribution in [-0.4, -0.2) is 19.3 Å². The quantitative estimate of drug-likeness (QED) is 0.800. The van der Waals surface area contributed by atoms with Crippen molar-refractivity contribution < 1.29 is 0 Å². The molecule has 1 unspecified atom stereocenters. The van der Waals surface area contributed by atoms with Gasteiger partial charge in [0.2, 0.25) is 0 Å². The number of aromatic nitrogens is 4. The first kappa shape index (κ1) is 12.0. The maximum Gasteiger partial charge on any atom is 0.158 e. The Morgan fingerprint density at radius 1 is 1.44 bits per heavy atom. The van der Waals surface area contributed by atoms with Gasteiger partial charge in [-0.25, -0.2) is 4.98 Å². The largest absolute Gasteiger partial charge is 0.311 e. The highest BCUT2D eigenvalue weighted by Crippen LogP contribution is 2.47. The number of halogens is 1. The first-order chi connectivity index (χ1) is 8.41. The molecule has 0 aliphatic heterocycles. The van der Waals surface area contributed by atoms with E-state index in [1.54, 1.807) is 0 Å². The van der Waals surface area contributed by atoms with Gasteiger partial charge in [0.1, 0.15) is 11.3 Å². The van der Waals surface area contributed by atoms with E-state index in [-0.39, 0.29) is 5.38 Å². The van der Waals surface area contributed by atoms with Crippen LogP contribution in [0.1, 0.15) is 43.6 Å². The summed E-state index contributed by atoms with van der Waals surface area (Å²) in [5.41, 5.74) is 3.49. The van der Waals surface area contributed by atoms with E-state index < -0.39 is 0 Å². The van der Waals surface area contributed by atoms with E-state index in [1.165, 1.54) is 12.8 Å². The lowest BCUT2D eigenvalue weighted by Crippen LogP contribution is -2.13. The second kappa shape index (κ2) is 3.73. The van der Waals surface area contributed by atoms with Gasteiger partial charge in [-0.2, -0.15) is 5.10 Å². The predicted molar refractivity (Wildman–Crippen MR) is 72.8 cm³/mol. The third-order valence-electron chi connectivity index (χ3n) is 3.92. The van der Waals surface area contributed by atoms with Crippen LogP contribution in [0, 0.1) is 12.3 Å². The first-order valence-electron chi connectivity index (χ1n) is 6.45. The summed E-state index contributed by atoms with van der Waals surface area (Å²) in [4.78, 5) is 4.69. The van der Waals surface area contributed by atoms with Gasteiger partial charge in [-0.15, -0.1) is 11.6 Å². The van der Waals surface area contributed by atoms with Crippen molar-refractivity contribution in [3.63, 3.8) is 0 Å². The summed E-state index contributed by atoms with van der Waals surface area (Å²) >= 11 is 6.28. The van der Waals surface area contributed by atoms with Gasteiger partial charge in [-0.05, 0) is 32.1 Å². The average molecular weight is 267 g/mol. The summed E-state index contributed by atoms with van der Waals surface area (Å²) in [5, 5.41) is 4.38. The summed E-state index contributed by atoms with van der Waals surface area (Å²) < 4.78 is 4.19. The molecule has 1 saturated carbocycles. The molecule has 1 atom stereocenters. The molecule has 0 spiro atoms. The normalized spacial score (nSPS) is 19.4. The van der Waals surface area contributed by atoms with Crippen LogP contribution in [0.5, 0.6) is 0 Å². The molecule has 0 radical (unpaired) electrons. The Kier molecular flexibility index (Phi) is 2.49. The molecule has 2 heterocycles. The summed E-state index contributed by atoms with van der Waals surface area (Å²) in [5.74, 6) is 0.968. The van der Waals surface area contributed by atoms with Gasteiger partial charge in [0.05, 0.1) is 11.1 Å². The van der Waals surface area contributed by atoms with Crippen LogP contribution in [0.3, 0.4) is 0 Å². The molecule has 18 heavy (non-hydrogen) atoms. The van der Waals surface area contributed by atoms with Crippen LogP contribution in [0.4, 0.5) is 0 Å². The van der Waals surface area contributed by atoms with Crippen molar-refractivity contribution in [2.75, 3.05) is 0 Å². The van der Waals surface area contributed by atoms with E-state index in [9.17, 15) is 0 Å². The van der Waals surface area contributed by atoms with E-state index >= 15 is 0 Å². The fraction of sp³-hybridized carbons (Fsp3) is 0.692. The Morgan fingerprint density at radius 3 is 2.67 bits per heavy atom.